The minimum Gasteiger partial charge on any atom is -0.488 e. The average Bonchev–Trinajstić information content (AvgIpc) is 2.10. The van der Waals surface area contributed by atoms with Gasteiger partial charge in [0.1, 0.15) is 0 Å². The van der Waals surface area contributed by atoms with Crippen LogP contribution in [0.2, 0.25) is 0 Å². The molecule has 0 spiro atoms. The molecule has 0 amide bonds. The Morgan fingerprint density at radius 3 is 3.00 bits per heavy atom. The molecule has 3 nitrogen and oxygen atoms in total. The normalized spacial score (nSPS) is 10.0. The lowest BCUT2D eigenvalue weighted by molar-refractivity contribution is 0.317. The van der Waals surface area contributed by atoms with Gasteiger partial charge in [-0.25, -0.2) is 4.98 Å². The molecule has 0 atom stereocenters. The van der Waals surface area contributed by atoms with E-state index < -0.39 is 0 Å². The predicted molar refractivity (Wildman–Crippen MR) is 57.2 cm³/mol. The third-order valence-corrected chi connectivity index (χ3v) is 2.30. The van der Waals surface area contributed by atoms with E-state index in [2.05, 4.69) is 20.9 Å². The molecule has 0 aliphatic heterocycles. The second kappa shape index (κ2) is 5.29. The Kier molecular flexibility index (Phi) is 4.32. The van der Waals surface area contributed by atoms with Crippen molar-refractivity contribution < 1.29 is 4.74 Å². The van der Waals surface area contributed by atoms with Gasteiger partial charge in [0.05, 0.1) is 11.1 Å². The summed E-state index contributed by atoms with van der Waals surface area (Å²) in [7, 11) is 0. The highest BCUT2D eigenvalue weighted by Gasteiger charge is 2.05. The van der Waals surface area contributed by atoms with Crippen molar-refractivity contribution in [1.82, 2.24) is 4.98 Å². The van der Waals surface area contributed by atoms with Gasteiger partial charge in [-0.2, -0.15) is 0 Å². The van der Waals surface area contributed by atoms with Crippen LogP contribution in [0.4, 0.5) is 5.82 Å². The number of pyridine rings is 1. The van der Waals surface area contributed by atoms with E-state index in [-0.39, 0.29) is 0 Å². The summed E-state index contributed by atoms with van der Waals surface area (Å²) < 4.78 is 6.20. The van der Waals surface area contributed by atoms with E-state index in [1.807, 2.05) is 0 Å². The van der Waals surface area contributed by atoms with Crippen molar-refractivity contribution in [2.75, 3.05) is 18.2 Å². The molecule has 0 bridgehead atoms. The number of hydrogen-bond acceptors (Lipinski definition) is 3. The Balaban J connectivity index is 2.64. The highest BCUT2D eigenvalue weighted by Crippen LogP contribution is 2.28. The van der Waals surface area contributed by atoms with Crippen LogP contribution < -0.4 is 10.5 Å². The molecule has 0 radical (unpaired) electrons. The first kappa shape index (κ1) is 10.6. The minimum absolute atomic E-state index is 0.393. The lowest BCUT2D eigenvalue weighted by atomic mass is 10.4. The summed E-state index contributed by atoms with van der Waals surface area (Å²) >= 11 is 8.83. The van der Waals surface area contributed by atoms with E-state index in [1.165, 1.54) is 0 Å². The maximum Gasteiger partial charge on any atom is 0.175 e. The summed E-state index contributed by atoms with van der Waals surface area (Å²) in [5.41, 5.74) is 5.60. The van der Waals surface area contributed by atoms with Gasteiger partial charge in [0.25, 0.3) is 0 Å². The first-order valence-corrected chi connectivity index (χ1v) is 5.17. The topological polar surface area (TPSA) is 48.1 Å². The van der Waals surface area contributed by atoms with Gasteiger partial charge in [-0.3, -0.25) is 0 Å². The Bertz CT molecular complexity index is 263. The number of nitrogens with two attached hydrogens (primary N) is 1. The van der Waals surface area contributed by atoms with Crippen molar-refractivity contribution in [1.29, 1.82) is 0 Å². The maximum absolute atomic E-state index is 5.60. The molecule has 72 valence electrons. The third kappa shape index (κ3) is 3.04. The van der Waals surface area contributed by atoms with Gasteiger partial charge in [-0.05, 0) is 28.4 Å². The third-order valence-electron chi connectivity index (χ3n) is 1.41. The summed E-state index contributed by atoms with van der Waals surface area (Å²) in [5, 5.41) is 0. The molecule has 0 unspecified atom stereocenters. The van der Waals surface area contributed by atoms with Crippen LogP contribution in [-0.2, 0) is 0 Å². The van der Waals surface area contributed by atoms with Gasteiger partial charge in [0.2, 0.25) is 0 Å². The van der Waals surface area contributed by atoms with Crippen LogP contribution in [0.3, 0.4) is 0 Å². The molecule has 0 aliphatic rings. The Hall–Kier alpha value is -0.480. The van der Waals surface area contributed by atoms with Gasteiger partial charge in [-0.1, -0.05) is 0 Å². The summed E-state index contributed by atoms with van der Waals surface area (Å²) in [6.45, 7) is 0.554. The van der Waals surface area contributed by atoms with Crippen molar-refractivity contribution in [2.45, 2.75) is 6.42 Å². The second-order valence-electron chi connectivity index (χ2n) is 2.40. The largest absolute Gasteiger partial charge is 0.488 e. The van der Waals surface area contributed by atoms with Crippen LogP contribution in [0.5, 0.6) is 5.75 Å². The molecule has 5 heteroatoms. The molecular weight excluding hydrogens is 255 g/mol. The first-order valence-electron chi connectivity index (χ1n) is 3.84. The van der Waals surface area contributed by atoms with Crippen molar-refractivity contribution in [3.8, 4) is 5.75 Å². The fourth-order valence-corrected chi connectivity index (χ4v) is 1.36. The zero-order valence-corrected chi connectivity index (χ0v) is 9.31. The lowest BCUT2D eigenvalue weighted by Gasteiger charge is -2.08. The van der Waals surface area contributed by atoms with E-state index >= 15 is 0 Å². The average molecular weight is 266 g/mol. The molecule has 0 aromatic carbocycles. The zero-order valence-electron chi connectivity index (χ0n) is 6.96. The maximum atomic E-state index is 5.60. The van der Waals surface area contributed by atoms with Crippen LogP contribution in [-0.4, -0.2) is 17.5 Å². The van der Waals surface area contributed by atoms with Gasteiger partial charge < -0.3 is 10.5 Å². The highest BCUT2D eigenvalue weighted by atomic mass is 79.9. The van der Waals surface area contributed by atoms with Gasteiger partial charge in [0.15, 0.2) is 11.6 Å². The molecule has 1 rings (SSSR count). The summed E-state index contributed by atoms with van der Waals surface area (Å²) in [4.78, 5) is 3.91. The van der Waals surface area contributed by atoms with Crippen LogP contribution in [0, 0.1) is 0 Å². The number of aromatic nitrogens is 1. The standard InChI is InChI=1S/C8H10BrClN2O/c9-6-2-4-12-8(11)7(6)13-5-1-3-10/h2,4H,1,3,5H2,(H2,11,12). The molecule has 0 aliphatic carbocycles. The quantitative estimate of drug-likeness (QED) is 0.672. The monoisotopic (exact) mass is 264 g/mol. The molecule has 0 saturated carbocycles. The van der Waals surface area contributed by atoms with E-state index in [9.17, 15) is 0 Å². The summed E-state index contributed by atoms with van der Waals surface area (Å²) in [6, 6.07) is 1.78. The smallest absolute Gasteiger partial charge is 0.175 e. The Morgan fingerprint density at radius 1 is 1.62 bits per heavy atom. The van der Waals surface area contributed by atoms with Crippen LogP contribution in [0.1, 0.15) is 6.42 Å². The van der Waals surface area contributed by atoms with Crippen molar-refractivity contribution >= 4 is 33.3 Å². The number of ether oxygens (including phenoxy) is 1. The molecule has 0 saturated heterocycles. The molecule has 0 fully saturated rings. The number of rotatable bonds is 4. The van der Waals surface area contributed by atoms with Crippen molar-refractivity contribution in [3.63, 3.8) is 0 Å². The Labute approximate surface area is 90.4 Å². The molecule has 13 heavy (non-hydrogen) atoms. The fourth-order valence-electron chi connectivity index (χ4n) is 0.811. The Morgan fingerprint density at radius 2 is 2.38 bits per heavy atom. The molecule has 1 aromatic heterocycles. The number of hydrogen-bond donors (Lipinski definition) is 1. The van der Waals surface area contributed by atoms with E-state index in [1.54, 1.807) is 12.3 Å². The minimum atomic E-state index is 0.393. The highest BCUT2D eigenvalue weighted by molar-refractivity contribution is 9.10. The second-order valence-corrected chi connectivity index (χ2v) is 3.63. The van der Waals surface area contributed by atoms with Gasteiger partial charge in [-0.15, -0.1) is 11.6 Å². The van der Waals surface area contributed by atoms with Gasteiger partial charge >= 0.3 is 0 Å². The number of anilines is 1. The molecular formula is C8H10BrClN2O. The van der Waals surface area contributed by atoms with Crippen molar-refractivity contribution in [2.24, 2.45) is 0 Å². The zero-order chi connectivity index (χ0) is 9.68. The van der Waals surface area contributed by atoms with Crippen molar-refractivity contribution in [3.05, 3.63) is 16.7 Å². The molecule has 1 aromatic rings. The van der Waals surface area contributed by atoms with Crippen LogP contribution >= 0.6 is 27.5 Å². The predicted octanol–water partition coefficient (Wildman–Crippen LogP) is 2.43. The number of nitrogens with zero attached hydrogens (tertiary/aromatic N) is 1. The fraction of sp³-hybridized carbons (Fsp3) is 0.375. The van der Waals surface area contributed by atoms with E-state index in [0.717, 1.165) is 10.9 Å². The number of halogens is 2. The summed E-state index contributed by atoms with van der Waals surface area (Å²) in [6.07, 6.45) is 2.41. The van der Waals surface area contributed by atoms with Crippen LogP contribution in [0.15, 0.2) is 16.7 Å². The van der Waals surface area contributed by atoms with E-state index in [0.29, 0.717) is 24.1 Å². The lowest BCUT2D eigenvalue weighted by Crippen LogP contribution is -2.02. The number of alkyl halides is 1. The SMILES string of the molecule is Nc1nccc(Br)c1OCCCCl. The van der Waals surface area contributed by atoms with Gasteiger partial charge in [0, 0.05) is 12.1 Å². The number of nitrogen functional groups attached to an aromatic ring is 1. The molecule has 1 heterocycles. The van der Waals surface area contributed by atoms with Crippen LogP contribution in [0.25, 0.3) is 0 Å². The summed E-state index contributed by atoms with van der Waals surface area (Å²) in [5.74, 6) is 1.56. The molecule has 2 N–H and O–H groups in total. The first-order chi connectivity index (χ1) is 6.25. The van der Waals surface area contributed by atoms with E-state index in [4.69, 9.17) is 22.1 Å².